The van der Waals surface area contributed by atoms with Gasteiger partial charge < -0.3 is 0 Å². The minimum Gasteiger partial charge on any atom is -0.284 e. The molecule has 0 saturated heterocycles. The van der Waals surface area contributed by atoms with Crippen LogP contribution in [0.1, 0.15) is 6.92 Å². The highest BCUT2D eigenvalue weighted by Crippen LogP contribution is 2.17. The second-order valence-corrected chi connectivity index (χ2v) is 4.41. The molecule has 15 heavy (non-hydrogen) atoms. The van der Waals surface area contributed by atoms with Crippen molar-refractivity contribution in [2.24, 2.45) is 0 Å². The first-order valence-corrected chi connectivity index (χ1v) is 5.62. The number of hydrogen-bond donors (Lipinski definition) is 2. The monoisotopic (exact) mass is 224 g/mol. The minimum absolute atomic E-state index is 0.570. The van der Waals surface area contributed by atoms with Gasteiger partial charge in [0.1, 0.15) is 0 Å². The van der Waals surface area contributed by atoms with Crippen LogP contribution < -0.4 is 9.46 Å². The van der Waals surface area contributed by atoms with Crippen LogP contribution in [0.2, 0.25) is 0 Å². The summed E-state index contributed by atoms with van der Waals surface area (Å²) in [4.78, 5) is 0.918. The van der Waals surface area contributed by atoms with Gasteiger partial charge in [-0.1, -0.05) is 6.92 Å². The van der Waals surface area contributed by atoms with Crippen LogP contribution in [0.15, 0.2) is 35.5 Å². The fourth-order valence-corrected chi connectivity index (χ4v) is 2.14. The van der Waals surface area contributed by atoms with Gasteiger partial charge in [-0.2, -0.15) is 0 Å². The quantitative estimate of drug-likeness (QED) is 0.454. The van der Waals surface area contributed by atoms with Gasteiger partial charge in [-0.15, -0.1) is 11.8 Å². The van der Waals surface area contributed by atoms with Gasteiger partial charge in [0, 0.05) is 27.7 Å². The van der Waals surface area contributed by atoms with Crippen LogP contribution in [0.4, 0.5) is 0 Å². The molecule has 0 atom stereocenters. The first-order valence-electron chi connectivity index (χ1n) is 4.63. The largest absolute Gasteiger partial charge is 0.334 e. The predicted molar refractivity (Wildman–Crippen MR) is 55.1 cm³/mol. The molecule has 0 radical (unpaired) electrons. The molecule has 0 unspecified atom stereocenters. The summed E-state index contributed by atoms with van der Waals surface area (Å²) in [5.74, 6) is 0.920. The van der Waals surface area contributed by atoms with E-state index in [1.54, 1.807) is 30.1 Å². The molecule has 0 fully saturated rings. The number of pyridine rings is 2. The Bertz CT molecular complexity index is 502. The van der Waals surface area contributed by atoms with Gasteiger partial charge in [-0.3, -0.25) is 10.4 Å². The summed E-state index contributed by atoms with van der Waals surface area (Å²) >= 11 is 1.61. The van der Waals surface area contributed by atoms with Crippen LogP contribution in [-0.2, 0) is 0 Å². The summed E-state index contributed by atoms with van der Waals surface area (Å²) in [7, 11) is 0. The van der Waals surface area contributed by atoms with E-state index in [2.05, 4.69) is 0 Å². The number of nitrogens with zero attached hydrogens (tertiary/aromatic N) is 2. The highest BCUT2D eigenvalue weighted by atomic mass is 32.2. The Morgan fingerprint density at radius 1 is 1.27 bits per heavy atom. The van der Waals surface area contributed by atoms with Crippen molar-refractivity contribution < 1.29 is 19.9 Å². The lowest BCUT2D eigenvalue weighted by molar-refractivity contribution is -0.902. The highest BCUT2D eigenvalue weighted by Gasteiger charge is 2.19. The molecule has 78 valence electrons. The third-order valence-electron chi connectivity index (χ3n) is 2.08. The van der Waals surface area contributed by atoms with Crippen molar-refractivity contribution >= 4 is 22.8 Å². The molecule has 0 bridgehead atoms. The molecule has 0 saturated carbocycles. The molecule has 0 aliphatic rings. The Morgan fingerprint density at radius 2 is 2.07 bits per heavy atom. The van der Waals surface area contributed by atoms with Crippen LogP contribution in [0.3, 0.4) is 0 Å². The summed E-state index contributed by atoms with van der Waals surface area (Å²) in [5.41, 5.74) is 1.15. The van der Waals surface area contributed by atoms with Crippen LogP contribution >= 0.6 is 11.8 Å². The minimum atomic E-state index is 0.570. The predicted octanol–water partition coefficient (Wildman–Crippen LogP) is 1.00. The van der Waals surface area contributed by atoms with E-state index in [9.17, 15) is 10.4 Å². The third-order valence-corrected chi connectivity index (χ3v) is 2.92. The number of thioether (sulfide) groups is 1. The number of fused-ring (bicyclic) bond motifs is 1. The van der Waals surface area contributed by atoms with Gasteiger partial charge in [0.2, 0.25) is 12.4 Å². The molecule has 2 N–H and O–H groups in total. The van der Waals surface area contributed by atoms with Crippen molar-refractivity contribution in [3.8, 4) is 0 Å². The van der Waals surface area contributed by atoms with Crippen LogP contribution in [-0.4, -0.2) is 16.2 Å². The Balaban J connectivity index is 2.68. The summed E-state index contributed by atoms with van der Waals surface area (Å²) in [5, 5.41) is 19.3. The molecule has 2 heterocycles. The molecular weight excluding hydrogens is 212 g/mol. The molecule has 2 aromatic heterocycles. The van der Waals surface area contributed by atoms with Crippen molar-refractivity contribution in [1.29, 1.82) is 0 Å². The molecule has 5 heteroatoms. The standard InChI is InChI=1S/C10H12N2O2S/c1-2-15-8-6-10-9(12(14)7-8)4-3-5-11(10)13/h3-7,13-14H,2H2,1H3/q+2. The molecule has 0 amide bonds. The van der Waals surface area contributed by atoms with E-state index < -0.39 is 0 Å². The second-order valence-electron chi connectivity index (χ2n) is 3.08. The van der Waals surface area contributed by atoms with Crippen LogP contribution in [0, 0.1) is 0 Å². The van der Waals surface area contributed by atoms with Gasteiger partial charge in [-0.05, 0) is 5.75 Å². The first kappa shape index (κ1) is 10.0. The fourth-order valence-electron chi connectivity index (χ4n) is 1.44. The number of rotatable bonds is 2. The summed E-state index contributed by atoms with van der Waals surface area (Å²) in [6.45, 7) is 2.04. The van der Waals surface area contributed by atoms with Crippen molar-refractivity contribution in [2.75, 3.05) is 5.75 Å². The summed E-state index contributed by atoms with van der Waals surface area (Å²) < 4.78 is 2.03. The highest BCUT2D eigenvalue weighted by molar-refractivity contribution is 7.99. The van der Waals surface area contributed by atoms with Gasteiger partial charge in [0.15, 0.2) is 0 Å². The SMILES string of the molecule is CCSc1cc2c(ccc[n+]2O)[n+](O)c1. The molecule has 0 aromatic carbocycles. The van der Waals surface area contributed by atoms with E-state index in [0.29, 0.717) is 11.0 Å². The van der Waals surface area contributed by atoms with E-state index in [1.807, 2.05) is 13.0 Å². The first-order chi connectivity index (χ1) is 7.22. The van der Waals surface area contributed by atoms with Gasteiger partial charge in [0.25, 0.3) is 0 Å². The van der Waals surface area contributed by atoms with E-state index in [1.165, 1.54) is 6.20 Å². The molecule has 0 aliphatic carbocycles. The molecular formula is C10H12N2O2S+2. The van der Waals surface area contributed by atoms with E-state index in [-0.39, 0.29) is 0 Å². The van der Waals surface area contributed by atoms with E-state index in [4.69, 9.17) is 0 Å². The maximum Gasteiger partial charge on any atom is 0.334 e. The normalized spacial score (nSPS) is 10.7. The lowest BCUT2D eigenvalue weighted by atomic mass is 10.3. The van der Waals surface area contributed by atoms with Gasteiger partial charge in [0.05, 0.1) is 4.90 Å². The van der Waals surface area contributed by atoms with Gasteiger partial charge >= 0.3 is 11.0 Å². The topological polar surface area (TPSA) is 48.2 Å². The molecule has 2 rings (SSSR count). The van der Waals surface area contributed by atoms with Crippen molar-refractivity contribution in [3.05, 3.63) is 30.6 Å². The lowest BCUT2D eigenvalue weighted by Crippen LogP contribution is -2.37. The zero-order valence-corrected chi connectivity index (χ0v) is 9.11. The molecule has 0 spiro atoms. The number of hydrogen-bond acceptors (Lipinski definition) is 3. The van der Waals surface area contributed by atoms with Crippen LogP contribution in [0.5, 0.6) is 0 Å². The Kier molecular flexibility index (Phi) is 2.64. The fraction of sp³-hybridized carbons (Fsp3) is 0.200. The Morgan fingerprint density at radius 3 is 2.80 bits per heavy atom. The molecule has 0 aliphatic heterocycles. The summed E-state index contributed by atoms with van der Waals surface area (Å²) in [6, 6.07) is 5.25. The average Bonchev–Trinajstić information content (AvgIpc) is 2.20. The summed E-state index contributed by atoms with van der Waals surface area (Å²) in [6.07, 6.45) is 3.17. The molecule has 4 nitrogen and oxygen atoms in total. The number of aromatic nitrogens is 2. The maximum absolute atomic E-state index is 9.68. The zero-order chi connectivity index (χ0) is 10.8. The Labute approximate surface area is 91.3 Å². The van der Waals surface area contributed by atoms with Crippen LogP contribution in [0.25, 0.3) is 11.0 Å². The second kappa shape index (κ2) is 3.94. The zero-order valence-electron chi connectivity index (χ0n) is 8.29. The molecule has 2 aromatic rings. The Hall–Kier alpha value is -1.49. The maximum atomic E-state index is 9.68. The van der Waals surface area contributed by atoms with Gasteiger partial charge in [-0.25, -0.2) is 0 Å². The van der Waals surface area contributed by atoms with E-state index in [0.717, 1.165) is 20.1 Å². The lowest BCUT2D eigenvalue weighted by Gasteiger charge is -1.95. The third kappa shape index (κ3) is 1.83. The average molecular weight is 224 g/mol. The smallest absolute Gasteiger partial charge is 0.284 e. The van der Waals surface area contributed by atoms with Crippen molar-refractivity contribution in [2.45, 2.75) is 11.8 Å². The van der Waals surface area contributed by atoms with Crippen molar-refractivity contribution in [1.82, 2.24) is 0 Å². The van der Waals surface area contributed by atoms with Crippen molar-refractivity contribution in [3.63, 3.8) is 0 Å². The van der Waals surface area contributed by atoms with E-state index >= 15 is 0 Å².